The third-order valence-corrected chi connectivity index (χ3v) is 5.17. The molecule has 1 aromatic heterocycles. The van der Waals surface area contributed by atoms with Gasteiger partial charge in [-0.3, -0.25) is 9.59 Å². The van der Waals surface area contributed by atoms with E-state index in [1.807, 2.05) is 20.8 Å². The number of rotatable bonds is 6. The second kappa shape index (κ2) is 9.48. The highest BCUT2D eigenvalue weighted by atomic mass is 16.5. The van der Waals surface area contributed by atoms with Crippen molar-refractivity contribution in [1.29, 1.82) is 0 Å². The van der Waals surface area contributed by atoms with Gasteiger partial charge in [-0.05, 0) is 87.5 Å². The number of carbonyl (C=O) groups excluding carboxylic acids is 2. The molecule has 2 N–H and O–H groups in total. The van der Waals surface area contributed by atoms with Crippen LogP contribution in [0.3, 0.4) is 0 Å². The van der Waals surface area contributed by atoms with Gasteiger partial charge in [-0.1, -0.05) is 0 Å². The van der Waals surface area contributed by atoms with Crippen molar-refractivity contribution in [3.8, 4) is 5.75 Å². The highest BCUT2D eigenvalue weighted by Gasteiger charge is 2.11. The van der Waals surface area contributed by atoms with Crippen LogP contribution in [0.15, 0.2) is 66.7 Å². The maximum absolute atomic E-state index is 12.7. The fourth-order valence-electron chi connectivity index (χ4n) is 3.28. The Hall–Kier alpha value is -4.26. The molecule has 3 aromatic carbocycles. The molecule has 0 aliphatic carbocycles. The molecule has 0 saturated heterocycles. The molecule has 0 unspecified atom stereocenters. The molecule has 7 nitrogen and oxygen atoms in total. The number of carbonyl (C=O) groups is 2. The van der Waals surface area contributed by atoms with Crippen LogP contribution in [0.2, 0.25) is 0 Å². The second-order valence-electron chi connectivity index (χ2n) is 7.54. The lowest BCUT2D eigenvalue weighted by Gasteiger charge is -2.09. The standard InChI is InChI=1S/C26H24N4O3/c1-4-33-22-12-10-21(11-13-22)29-25(31)18-5-8-20(9-6-18)30-26(32)19-7-14-23-24(15-19)28-17(3)16(2)27-23/h5-15H,4H2,1-3H3,(H,29,31)(H,30,32). The molecule has 33 heavy (non-hydrogen) atoms. The Morgan fingerprint density at radius 3 is 1.85 bits per heavy atom. The van der Waals surface area contributed by atoms with Crippen LogP contribution in [0.4, 0.5) is 11.4 Å². The molecule has 4 aromatic rings. The van der Waals surface area contributed by atoms with Gasteiger partial charge in [-0.2, -0.15) is 0 Å². The van der Waals surface area contributed by atoms with Crippen LogP contribution in [0.25, 0.3) is 11.0 Å². The van der Waals surface area contributed by atoms with Crippen LogP contribution in [0, 0.1) is 13.8 Å². The van der Waals surface area contributed by atoms with E-state index < -0.39 is 0 Å². The molecule has 0 atom stereocenters. The largest absolute Gasteiger partial charge is 0.494 e. The molecule has 0 aliphatic rings. The first-order chi connectivity index (χ1) is 15.9. The molecular weight excluding hydrogens is 416 g/mol. The average Bonchev–Trinajstić information content (AvgIpc) is 2.81. The van der Waals surface area contributed by atoms with Gasteiger partial charge in [0.25, 0.3) is 11.8 Å². The first-order valence-electron chi connectivity index (χ1n) is 10.6. The van der Waals surface area contributed by atoms with Gasteiger partial charge in [-0.25, -0.2) is 9.97 Å². The zero-order valence-corrected chi connectivity index (χ0v) is 18.7. The zero-order valence-electron chi connectivity index (χ0n) is 18.7. The summed E-state index contributed by atoms with van der Waals surface area (Å²) in [6.45, 7) is 6.30. The Morgan fingerprint density at radius 1 is 0.727 bits per heavy atom. The van der Waals surface area contributed by atoms with E-state index in [4.69, 9.17) is 4.74 Å². The lowest BCUT2D eigenvalue weighted by atomic mass is 10.1. The van der Waals surface area contributed by atoms with Crippen molar-refractivity contribution >= 4 is 34.2 Å². The summed E-state index contributed by atoms with van der Waals surface area (Å²) in [6.07, 6.45) is 0. The van der Waals surface area contributed by atoms with Gasteiger partial charge in [-0.15, -0.1) is 0 Å². The van der Waals surface area contributed by atoms with E-state index in [0.29, 0.717) is 34.6 Å². The number of nitrogens with one attached hydrogen (secondary N) is 2. The van der Waals surface area contributed by atoms with Gasteiger partial charge in [0, 0.05) is 22.5 Å². The highest BCUT2D eigenvalue weighted by Crippen LogP contribution is 2.19. The Bertz CT molecular complexity index is 1320. The minimum absolute atomic E-state index is 0.240. The molecule has 0 radical (unpaired) electrons. The first-order valence-corrected chi connectivity index (χ1v) is 10.6. The topological polar surface area (TPSA) is 93.2 Å². The number of fused-ring (bicyclic) bond motifs is 1. The first kappa shape index (κ1) is 22.0. The molecule has 0 fully saturated rings. The maximum atomic E-state index is 12.7. The third-order valence-electron chi connectivity index (χ3n) is 5.17. The van der Waals surface area contributed by atoms with Gasteiger partial charge in [0.05, 0.1) is 29.0 Å². The molecule has 7 heteroatoms. The van der Waals surface area contributed by atoms with E-state index in [0.717, 1.165) is 22.7 Å². The van der Waals surface area contributed by atoms with E-state index in [-0.39, 0.29) is 11.8 Å². The van der Waals surface area contributed by atoms with Gasteiger partial charge in [0.2, 0.25) is 0 Å². The van der Waals surface area contributed by atoms with Crippen LogP contribution < -0.4 is 15.4 Å². The second-order valence-corrected chi connectivity index (χ2v) is 7.54. The number of benzene rings is 3. The summed E-state index contributed by atoms with van der Waals surface area (Å²) >= 11 is 0. The molecule has 0 saturated carbocycles. The molecule has 0 bridgehead atoms. The summed E-state index contributed by atoms with van der Waals surface area (Å²) in [5.74, 6) is 0.249. The zero-order chi connectivity index (χ0) is 23.4. The molecule has 166 valence electrons. The van der Waals surface area contributed by atoms with E-state index >= 15 is 0 Å². The van der Waals surface area contributed by atoms with Gasteiger partial charge >= 0.3 is 0 Å². The van der Waals surface area contributed by atoms with Crippen molar-refractivity contribution in [2.45, 2.75) is 20.8 Å². The van der Waals surface area contributed by atoms with Crippen LogP contribution in [-0.2, 0) is 0 Å². The normalized spacial score (nSPS) is 10.6. The summed E-state index contributed by atoms with van der Waals surface area (Å²) in [5.41, 5.74) is 5.34. The lowest BCUT2D eigenvalue weighted by molar-refractivity contribution is 0.102. The van der Waals surface area contributed by atoms with Crippen LogP contribution in [-0.4, -0.2) is 28.4 Å². The predicted molar refractivity (Wildman–Crippen MR) is 129 cm³/mol. The third kappa shape index (κ3) is 5.15. The summed E-state index contributed by atoms with van der Waals surface area (Å²) in [6, 6.07) is 19.1. The Kier molecular flexibility index (Phi) is 6.31. The summed E-state index contributed by atoms with van der Waals surface area (Å²) < 4.78 is 5.40. The number of nitrogens with zero attached hydrogens (tertiary/aromatic N) is 2. The van der Waals surface area contributed by atoms with E-state index in [2.05, 4.69) is 20.6 Å². The lowest BCUT2D eigenvalue weighted by Crippen LogP contribution is -2.14. The van der Waals surface area contributed by atoms with Crippen molar-refractivity contribution < 1.29 is 14.3 Å². The number of hydrogen-bond acceptors (Lipinski definition) is 5. The number of amides is 2. The smallest absolute Gasteiger partial charge is 0.255 e. The average molecular weight is 441 g/mol. The SMILES string of the molecule is CCOc1ccc(NC(=O)c2ccc(NC(=O)c3ccc4nc(C)c(C)nc4c3)cc2)cc1. The maximum Gasteiger partial charge on any atom is 0.255 e. The molecular formula is C26H24N4O3. The summed E-state index contributed by atoms with van der Waals surface area (Å²) in [4.78, 5) is 34.2. The van der Waals surface area contributed by atoms with Gasteiger partial charge < -0.3 is 15.4 Å². The van der Waals surface area contributed by atoms with Crippen LogP contribution in [0.1, 0.15) is 39.0 Å². The number of anilines is 2. The van der Waals surface area contributed by atoms with Crippen molar-refractivity contribution in [2.75, 3.05) is 17.2 Å². The number of hydrogen-bond donors (Lipinski definition) is 2. The monoisotopic (exact) mass is 440 g/mol. The molecule has 1 heterocycles. The minimum atomic E-state index is -0.261. The van der Waals surface area contributed by atoms with Crippen molar-refractivity contribution in [1.82, 2.24) is 9.97 Å². The van der Waals surface area contributed by atoms with Gasteiger partial charge in [0.15, 0.2) is 0 Å². The summed E-state index contributed by atoms with van der Waals surface area (Å²) in [7, 11) is 0. The van der Waals surface area contributed by atoms with Crippen molar-refractivity contribution in [2.24, 2.45) is 0 Å². The summed E-state index contributed by atoms with van der Waals surface area (Å²) in [5, 5.41) is 5.69. The Morgan fingerprint density at radius 2 is 1.24 bits per heavy atom. The Balaban J connectivity index is 1.41. The fraction of sp³-hybridized carbons (Fsp3) is 0.154. The minimum Gasteiger partial charge on any atom is -0.494 e. The number of aromatic nitrogens is 2. The number of ether oxygens (including phenoxy) is 1. The Labute approximate surface area is 191 Å². The predicted octanol–water partition coefficient (Wildman–Crippen LogP) is 5.15. The van der Waals surface area contributed by atoms with Crippen molar-refractivity contribution in [3.63, 3.8) is 0 Å². The molecule has 4 rings (SSSR count). The number of aryl methyl sites for hydroxylation is 2. The van der Waals surface area contributed by atoms with E-state index in [1.165, 1.54) is 0 Å². The molecule has 2 amide bonds. The molecule has 0 spiro atoms. The quantitative estimate of drug-likeness (QED) is 0.432. The van der Waals surface area contributed by atoms with Gasteiger partial charge in [0.1, 0.15) is 5.75 Å². The van der Waals surface area contributed by atoms with E-state index in [9.17, 15) is 9.59 Å². The van der Waals surface area contributed by atoms with Crippen LogP contribution >= 0.6 is 0 Å². The fourth-order valence-corrected chi connectivity index (χ4v) is 3.28. The molecule has 0 aliphatic heterocycles. The highest BCUT2D eigenvalue weighted by molar-refractivity contribution is 6.07. The van der Waals surface area contributed by atoms with Crippen LogP contribution in [0.5, 0.6) is 5.75 Å². The van der Waals surface area contributed by atoms with Crippen molar-refractivity contribution in [3.05, 3.63) is 89.2 Å². The van der Waals surface area contributed by atoms with E-state index in [1.54, 1.807) is 66.7 Å².